The van der Waals surface area contributed by atoms with Gasteiger partial charge in [0.1, 0.15) is 17.6 Å². The van der Waals surface area contributed by atoms with Gasteiger partial charge >= 0.3 is 0 Å². The maximum absolute atomic E-state index is 13.8. The van der Waals surface area contributed by atoms with Gasteiger partial charge in [0, 0.05) is 5.41 Å². The van der Waals surface area contributed by atoms with Gasteiger partial charge in [0.25, 0.3) is 11.8 Å². The van der Waals surface area contributed by atoms with Gasteiger partial charge in [0.2, 0.25) is 0 Å². The van der Waals surface area contributed by atoms with Crippen LogP contribution in [0.4, 0.5) is 4.39 Å². The molecule has 7 heteroatoms. The number of imidazole rings is 1. The molecule has 2 heterocycles. The maximum atomic E-state index is 13.8. The van der Waals surface area contributed by atoms with E-state index in [1.54, 1.807) is 6.08 Å². The summed E-state index contributed by atoms with van der Waals surface area (Å²) in [4.78, 5) is 32.4. The highest BCUT2D eigenvalue weighted by molar-refractivity contribution is 6.07. The van der Waals surface area contributed by atoms with E-state index in [-0.39, 0.29) is 17.4 Å². The summed E-state index contributed by atoms with van der Waals surface area (Å²) in [6.45, 7) is 7.35. The van der Waals surface area contributed by atoms with E-state index in [0.29, 0.717) is 5.69 Å². The number of H-pyrrole nitrogens is 1. The van der Waals surface area contributed by atoms with Gasteiger partial charge in [-0.05, 0) is 23.7 Å². The van der Waals surface area contributed by atoms with Crippen LogP contribution in [0, 0.1) is 5.82 Å². The molecule has 1 aromatic heterocycles. The second-order valence-corrected chi connectivity index (χ2v) is 6.18. The van der Waals surface area contributed by atoms with Crippen LogP contribution < -0.4 is 10.6 Å². The van der Waals surface area contributed by atoms with Crippen LogP contribution in [0.1, 0.15) is 43.7 Å². The summed E-state index contributed by atoms with van der Waals surface area (Å²) in [5, 5.41) is 4.58. The van der Waals surface area contributed by atoms with Crippen LogP contribution in [0.25, 0.3) is 6.05 Å². The molecule has 0 aliphatic carbocycles. The molecule has 1 saturated heterocycles. The van der Waals surface area contributed by atoms with E-state index in [1.165, 1.54) is 6.33 Å². The van der Waals surface area contributed by atoms with Crippen molar-refractivity contribution in [1.29, 1.82) is 0 Å². The van der Waals surface area contributed by atoms with E-state index in [0.717, 1.165) is 0 Å². The monoisotopic (exact) mass is 359 g/mol. The average Bonchev–Trinajstić information content (AvgIpc) is 3.23. The van der Waals surface area contributed by atoms with E-state index >= 15 is 0 Å². The predicted molar refractivity (Wildman–Crippen MR) is 95.2 cm³/mol. The fourth-order valence-electron chi connectivity index (χ4n) is 2.36. The molecule has 0 saturated carbocycles. The van der Waals surface area contributed by atoms with Gasteiger partial charge in [0.05, 0.1) is 24.6 Å². The van der Waals surface area contributed by atoms with Gasteiger partial charge in [-0.15, -0.1) is 6.58 Å². The summed E-state index contributed by atoms with van der Waals surface area (Å²) in [5.41, 5.74) is -0.863. The molecule has 3 N–H and O–H groups in total. The number of rotatable bonds is 4. The second-order valence-electron chi connectivity index (χ2n) is 6.18. The molecule has 1 aliphatic heterocycles. The standard InChI is InChI=1S/C19H19FN4O2/c1-4-19(2,3)16-13(21-10-22-16)9-14-17(25)24-15(18(26)23-14)11-5-7-12(20)8-6-11/h4-10,15H,1H2,2-3H3,(H,21,22)(H,23,26)(H,24,25)/i5D,6D,7D,8D,9D. The first-order valence-electron chi connectivity index (χ1n) is 10.2. The lowest BCUT2D eigenvalue weighted by molar-refractivity contribution is -0.131. The highest BCUT2D eigenvalue weighted by Crippen LogP contribution is 2.26. The van der Waals surface area contributed by atoms with Crippen LogP contribution >= 0.6 is 0 Å². The molecule has 0 radical (unpaired) electrons. The van der Waals surface area contributed by atoms with Gasteiger partial charge in [-0.25, -0.2) is 9.37 Å². The molecule has 2 aromatic rings. The Morgan fingerprint density at radius 2 is 2.04 bits per heavy atom. The summed E-state index contributed by atoms with van der Waals surface area (Å²) < 4.78 is 53.2. The summed E-state index contributed by atoms with van der Waals surface area (Å²) >= 11 is 0. The van der Waals surface area contributed by atoms with E-state index in [4.69, 9.17) is 6.85 Å². The number of hydrogen-bond acceptors (Lipinski definition) is 3. The minimum Gasteiger partial charge on any atom is -0.345 e. The number of aromatic amines is 1. The number of carbonyl (C=O) groups excluding carboxylic acids is 2. The molecular formula is C19H19FN4O2. The second kappa shape index (κ2) is 6.59. The van der Waals surface area contributed by atoms with E-state index < -0.39 is 58.8 Å². The summed E-state index contributed by atoms with van der Waals surface area (Å²) in [6, 6.07) is -5.39. The minimum atomic E-state index is -1.59. The minimum absolute atomic E-state index is 0.194. The highest BCUT2D eigenvalue weighted by atomic mass is 19.1. The molecule has 1 aromatic carbocycles. The lowest BCUT2D eigenvalue weighted by Gasteiger charge is -2.25. The molecule has 1 atom stereocenters. The van der Waals surface area contributed by atoms with Gasteiger partial charge in [-0.1, -0.05) is 32.0 Å². The third-order valence-corrected chi connectivity index (χ3v) is 3.93. The van der Waals surface area contributed by atoms with E-state index in [2.05, 4.69) is 27.2 Å². The van der Waals surface area contributed by atoms with E-state index in [9.17, 15) is 14.0 Å². The van der Waals surface area contributed by atoms with Crippen molar-refractivity contribution in [1.82, 2.24) is 20.6 Å². The Labute approximate surface area is 157 Å². The zero-order valence-electron chi connectivity index (χ0n) is 19.1. The summed E-state index contributed by atoms with van der Waals surface area (Å²) in [6.07, 6.45) is 2.97. The van der Waals surface area contributed by atoms with Gasteiger partial charge < -0.3 is 15.6 Å². The normalized spacial score (nSPS) is 22.3. The lowest BCUT2D eigenvalue weighted by Crippen LogP contribution is -2.49. The molecule has 134 valence electrons. The Morgan fingerprint density at radius 3 is 2.69 bits per heavy atom. The smallest absolute Gasteiger partial charge is 0.268 e. The van der Waals surface area contributed by atoms with Gasteiger partial charge in [-0.3, -0.25) is 9.59 Å². The first-order valence-corrected chi connectivity index (χ1v) is 7.68. The third kappa shape index (κ3) is 3.28. The number of allylic oxidation sites excluding steroid dienone is 1. The Balaban J connectivity index is 2.05. The number of nitrogens with zero attached hydrogens (tertiary/aromatic N) is 1. The first kappa shape index (κ1) is 12.2. The fourth-order valence-corrected chi connectivity index (χ4v) is 2.36. The molecule has 2 amide bonds. The Hall–Kier alpha value is -3.22. The molecule has 0 bridgehead atoms. The highest BCUT2D eigenvalue weighted by Gasteiger charge is 2.31. The predicted octanol–water partition coefficient (Wildman–Crippen LogP) is 2.34. The van der Waals surface area contributed by atoms with Crippen molar-refractivity contribution in [2.24, 2.45) is 0 Å². The summed E-state index contributed by atoms with van der Waals surface area (Å²) in [5.74, 6) is -3.13. The Morgan fingerprint density at radius 1 is 1.35 bits per heavy atom. The first-order chi connectivity index (χ1) is 14.4. The van der Waals surface area contributed by atoms with Crippen molar-refractivity contribution in [3.8, 4) is 0 Å². The van der Waals surface area contributed by atoms with Crippen LogP contribution in [0.5, 0.6) is 0 Å². The van der Waals surface area contributed by atoms with Crippen molar-refractivity contribution in [2.75, 3.05) is 0 Å². The number of carbonyl (C=O) groups is 2. The number of amides is 2. The third-order valence-electron chi connectivity index (χ3n) is 3.93. The molecule has 1 unspecified atom stereocenters. The molecule has 1 fully saturated rings. The number of nitrogens with one attached hydrogen (secondary N) is 3. The zero-order chi connectivity index (χ0) is 23.2. The molecule has 26 heavy (non-hydrogen) atoms. The fraction of sp³-hybridized carbons (Fsp3) is 0.211. The SMILES string of the molecule is [2H]C(=C1NC(=O)C(c2c([2H])c([2H])c(F)c([2H])c2[2H])NC1=O)c1[nH]cnc1C(C)(C)C=C. The maximum Gasteiger partial charge on any atom is 0.268 e. The summed E-state index contributed by atoms with van der Waals surface area (Å²) in [7, 11) is 0. The molecule has 0 spiro atoms. The van der Waals surface area contributed by atoms with Crippen LogP contribution in [-0.2, 0) is 15.0 Å². The number of benzene rings is 1. The molecule has 1 aliphatic rings. The average molecular weight is 359 g/mol. The number of piperazine rings is 1. The van der Waals surface area contributed by atoms with Crippen molar-refractivity contribution >= 4 is 17.9 Å². The van der Waals surface area contributed by atoms with Crippen molar-refractivity contribution in [3.63, 3.8) is 0 Å². The van der Waals surface area contributed by atoms with Crippen molar-refractivity contribution in [3.05, 3.63) is 71.6 Å². The number of aromatic nitrogens is 2. The number of halogens is 1. The molecule has 6 nitrogen and oxygen atoms in total. The topological polar surface area (TPSA) is 86.9 Å². The largest absolute Gasteiger partial charge is 0.345 e. The van der Waals surface area contributed by atoms with Gasteiger partial charge in [-0.2, -0.15) is 0 Å². The van der Waals surface area contributed by atoms with Crippen LogP contribution in [0.2, 0.25) is 0 Å². The Kier molecular flexibility index (Phi) is 3.09. The van der Waals surface area contributed by atoms with Crippen molar-refractivity contribution in [2.45, 2.75) is 25.3 Å². The van der Waals surface area contributed by atoms with Crippen LogP contribution in [-0.4, -0.2) is 21.8 Å². The quantitative estimate of drug-likeness (QED) is 0.578. The Bertz CT molecular complexity index is 1130. The lowest BCUT2D eigenvalue weighted by atomic mass is 9.88. The van der Waals surface area contributed by atoms with Crippen molar-refractivity contribution < 1.29 is 20.8 Å². The van der Waals surface area contributed by atoms with E-state index in [1.807, 2.05) is 13.8 Å². The van der Waals surface area contributed by atoms with Crippen LogP contribution in [0.3, 0.4) is 0 Å². The van der Waals surface area contributed by atoms with Crippen LogP contribution in [0.15, 0.2) is 48.8 Å². The van der Waals surface area contributed by atoms with Gasteiger partial charge in [0.15, 0.2) is 0 Å². The molecular weight excluding hydrogens is 335 g/mol. The number of hydrogen-bond donors (Lipinski definition) is 3. The molecule has 3 rings (SSSR count). The zero-order valence-corrected chi connectivity index (χ0v) is 14.1.